The molecule has 1 aliphatic rings. The van der Waals surface area contributed by atoms with E-state index in [0.29, 0.717) is 5.54 Å². The van der Waals surface area contributed by atoms with E-state index in [1.165, 1.54) is 13.1 Å². The molecule has 0 amide bonds. The maximum atomic E-state index is 2.44. The molecule has 1 aliphatic heterocycles. The molecular formula is C8H19N. The molecule has 0 bridgehead atoms. The zero-order chi connectivity index (χ0) is 7.49. The molecule has 1 fully saturated rings. The SMILES string of the molecule is CC.CC(C)(C)N1CC1. The zero-order valence-electron chi connectivity index (χ0n) is 7.36. The lowest BCUT2D eigenvalue weighted by Gasteiger charge is -2.18. The van der Waals surface area contributed by atoms with E-state index in [4.69, 9.17) is 0 Å². The highest BCUT2D eigenvalue weighted by Crippen LogP contribution is 2.19. The van der Waals surface area contributed by atoms with E-state index in [1.807, 2.05) is 13.8 Å². The van der Waals surface area contributed by atoms with Crippen molar-refractivity contribution in [1.82, 2.24) is 4.90 Å². The van der Waals surface area contributed by atoms with Crippen LogP contribution in [-0.2, 0) is 0 Å². The van der Waals surface area contributed by atoms with Gasteiger partial charge in [0.1, 0.15) is 0 Å². The quantitative estimate of drug-likeness (QED) is 0.453. The van der Waals surface area contributed by atoms with Gasteiger partial charge in [-0.05, 0) is 20.8 Å². The Kier molecular flexibility index (Phi) is 3.20. The van der Waals surface area contributed by atoms with Crippen molar-refractivity contribution in [2.75, 3.05) is 13.1 Å². The molecule has 56 valence electrons. The molecule has 1 saturated heterocycles. The summed E-state index contributed by atoms with van der Waals surface area (Å²) < 4.78 is 0. The first-order chi connectivity index (χ1) is 4.11. The van der Waals surface area contributed by atoms with Gasteiger partial charge < -0.3 is 0 Å². The Balaban J connectivity index is 0.000000291. The fourth-order valence-corrected chi connectivity index (χ4v) is 0.721. The maximum Gasteiger partial charge on any atom is 0.0126 e. The molecule has 0 aromatic rings. The van der Waals surface area contributed by atoms with Crippen molar-refractivity contribution < 1.29 is 0 Å². The number of rotatable bonds is 0. The van der Waals surface area contributed by atoms with Gasteiger partial charge in [-0.2, -0.15) is 0 Å². The monoisotopic (exact) mass is 129 g/mol. The summed E-state index contributed by atoms with van der Waals surface area (Å²) in [7, 11) is 0. The molecule has 1 rings (SSSR count). The molecule has 1 heteroatoms. The predicted octanol–water partition coefficient (Wildman–Crippen LogP) is 2.13. The van der Waals surface area contributed by atoms with Crippen LogP contribution in [0.2, 0.25) is 0 Å². The van der Waals surface area contributed by atoms with Gasteiger partial charge in [-0.1, -0.05) is 13.8 Å². The van der Waals surface area contributed by atoms with Crippen molar-refractivity contribution in [2.24, 2.45) is 0 Å². The molecule has 0 saturated carbocycles. The van der Waals surface area contributed by atoms with Crippen LogP contribution in [0.15, 0.2) is 0 Å². The third-order valence-electron chi connectivity index (χ3n) is 1.40. The fourth-order valence-electron chi connectivity index (χ4n) is 0.721. The number of nitrogens with zero attached hydrogens (tertiary/aromatic N) is 1. The van der Waals surface area contributed by atoms with Gasteiger partial charge in [-0.15, -0.1) is 0 Å². The molecule has 0 radical (unpaired) electrons. The standard InChI is InChI=1S/C6H13N.C2H6/c1-6(2,3)7-4-5-7;1-2/h4-5H2,1-3H3;1-2H3. The first kappa shape index (κ1) is 8.96. The van der Waals surface area contributed by atoms with Crippen molar-refractivity contribution in [3.05, 3.63) is 0 Å². The van der Waals surface area contributed by atoms with Crippen LogP contribution >= 0.6 is 0 Å². The second-order valence-corrected chi connectivity index (χ2v) is 3.16. The topological polar surface area (TPSA) is 3.01 Å². The highest BCUT2D eigenvalue weighted by Gasteiger charge is 2.29. The van der Waals surface area contributed by atoms with Gasteiger partial charge >= 0.3 is 0 Å². The molecule has 0 aromatic heterocycles. The Morgan fingerprint density at radius 3 is 1.33 bits per heavy atom. The van der Waals surface area contributed by atoms with Gasteiger partial charge in [0.2, 0.25) is 0 Å². The zero-order valence-corrected chi connectivity index (χ0v) is 7.36. The van der Waals surface area contributed by atoms with Crippen molar-refractivity contribution >= 4 is 0 Å². The Bertz CT molecular complexity index is 67.1. The molecule has 9 heavy (non-hydrogen) atoms. The average Bonchev–Trinajstić information content (AvgIpc) is 2.47. The summed E-state index contributed by atoms with van der Waals surface area (Å²) in [6, 6.07) is 0. The second-order valence-electron chi connectivity index (χ2n) is 3.16. The van der Waals surface area contributed by atoms with E-state index in [2.05, 4.69) is 25.7 Å². The van der Waals surface area contributed by atoms with E-state index < -0.39 is 0 Å². The minimum absolute atomic E-state index is 0.444. The predicted molar refractivity (Wildman–Crippen MR) is 42.7 cm³/mol. The normalized spacial score (nSPS) is 18.3. The summed E-state index contributed by atoms with van der Waals surface area (Å²) in [6.45, 7) is 13.4. The van der Waals surface area contributed by atoms with Gasteiger partial charge in [-0.25, -0.2) is 0 Å². The lowest BCUT2D eigenvalue weighted by atomic mass is 10.1. The molecule has 0 atom stereocenters. The molecular weight excluding hydrogens is 110 g/mol. The minimum atomic E-state index is 0.444. The highest BCUT2D eigenvalue weighted by molar-refractivity contribution is 4.85. The smallest absolute Gasteiger partial charge is 0.0126 e. The molecule has 0 aliphatic carbocycles. The van der Waals surface area contributed by atoms with E-state index in [9.17, 15) is 0 Å². The summed E-state index contributed by atoms with van der Waals surface area (Å²) in [5.41, 5.74) is 0.444. The van der Waals surface area contributed by atoms with Crippen LogP contribution in [0.3, 0.4) is 0 Å². The molecule has 1 nitrogen and oxygen atoms in total. The van der Waals surface area contributed by atoms with Crippen LogP contribution in [-0.4, -0.2) is 23.5 Å². The maximum absolute atomic E-state index is 2.44. The van der Waals surface area contributed by atoms with Gasteiger partial charge in [0.05, 0.1) is 0 Å². The van der Waals surface area contributed by atoms with E-state index in [1.54, 1.807) is 0 Å². The Morgan fingerprint density at radius 2 is 1.33 bits per heavy atom. The average molecular weight is 129 g/mol. The molecule has 1 heterocycles. The second kappa shape index (κ2) is 3.21. The van der Waals surface area contributed by atoms with E-state index in [0.717, 1.165) is 0 Å². The first-order valence-corrected chi connectivity index (χ1v) is 3.86. The molecule has 0 N–H and O–H groups in total. The third kappa shape index (κ3) is 3.52. The van der Waals surface area contributed by atoms with Crippen LogP contribution in [0.25, 0.3) is 0 Å². The summed E-state index contributed by atoms with van der Waals surface area (Å²) in [5, 5.41) is 0. The van der Waals surface area contributed by atoms with Gasteiger partial charge in [0.25, 0.3) is 0 Å². The number of hydrogen-bond donors (Lipinski definition) is 0. The molecule has 0 unspecified atom stereocenters. The Morgan fingerprint density at radius 1 is 1.00 bits per heavy atom. The summed E-state index contributed by atoms with van der Waals surface area (Å²) in [5.74, 6) is 0. The van der Waals surface area contributed by atoms with Crippen molar-refractivity contribution in [1.29, 1.82) is 0 Å². The van der Waals surface area contributed by atoms with Crippen LogP contribution < -0.4 is 0 Å². The van der Waals surface area contributed by atoms with Gasteiger partial charge in [0.15, 0.2) is 0 Å². The van der Waals surface area contributed by atoms with Gasteiger partial charge in [0, 0.05) is 18.6 Å². The largest absolute Gasteiger partial charge is 0.296 e. The summed E-state index contributed by atoms with van der Waals surface area (Å²) in [6.07, 6.45) is 0. The van der Waals surface area contributed by atoms with Crippen LogP contribution in [0.1, 0.15) is 34.6 Å². The van der Waals surface area contributed by atoms with Crippen LogP contribution in [0.4, 0.5) is 0 Å². The van der Waals surface area contributed by atoms with Crippen LogP contribution in [0.5, 0.6) is 0 Å². The van der Waals surface area contributed by atoms with Crippen molar-refractivity contribution in [3.8, 4) is 0 Å². The van der Waals surface area contributed by atoms with E-state index in [-0.39, 0.29) is 0 Å². The van der Waals surface area contributed by atoms with Gasteiger partial charge in [-0.3, -0.25) is 4.90 Å². The molecule has 0 aromatic carbocycles. The van der Waals surface area contributed by atoms with E-state index >= 15 is 0 Å². The Hall–Kier alpha value is -0.0400. The van der Waals surface area contributed by atoms with Crippen LogP contribution in [0, 0.1) is 0 Å². The van der Waals surface area contributed by atoms with Crippen molar-refractivity contribution in [3.63, 3.8) is 0 Å². The lowest BCUT2D eigenvalue weighted by molar-refractivity contribution is 0.311. The summed E-state index contributed by atoms with van der Waals surface area (Å²) >= 11 is 0. The molecule has 0 spiro atoms. The van der Waals surface area contributed by atoms with Crippen molar-refractivity contribution in [2.45, 2.75) is 40.2 Å². The Labute approximate surface area is 59.1 Å². The highest BCUT2D eigenvalue weighted by atomic mass is 15.3. The third-order valence-corrected chi connectivity index (χ3v) is 1.40. The minimum Gasteiger partial charge on any atom is -0.296 e. The first-order valence-electron chi connectivity index (χ1n) is 3.86. The number of hydrogen-bond acceptors (Lipinski definition) is 1. The summed E-state index contributed by atoms with van der Waals surface area (Å²) in [4.78, 5) is 2.44. The fraction of sp³-hybridized carbons (Fsp3) is 1.00. The lowest BCUT2D eigenvalue weighted by Crippen LogP contribution is -2.25.